The fourth-order valence-corrected chi connectivity index (χ4v) is 1.53. The van der Waals surface area contributed by atoms with Crippen molar-refractivity contribution in [3.63, 3.8) is 0 Å². The first-order chi connectivity index (χ1) is 6.24. The van der Waals surface area contributed by atoms with E-state index in [9.17, 15) is 4.39 Å². The number of aromatic nitrogens is 1. The van der Waals surface area contributed by atoms with Crippen molar-refractivity contribution in [2.75, 3.05) is 0 Å². The maximum absolute atomic E-state index is 12.8. The predicted octanol–water partition coefficient (Wildman–Crippen LogP) is 2.09. The lowest BCUT2D eigenvalue weighted by molar-refractivity contribution is 0.468. The number of rotatable bonds is 1. The van der Waals surface area contributed by atoms with Crippen molar-refractivity contribution in [1.82, 2.24) is 4.98 Å². The molecule has 1 saturated carbocycles. The maximum Gasteiger partial charge on any atom is 0.108 e. The lowest BCUT2D eigenvalue weighted by Crippen LogP contribution is -1.94. The highest BCUT2D eigenvalue weighted by Gasteiger charge is 2.40. The summed E-state index contributed by atoms with van der Waals surface area (Å²) in [7, 11) is 0. The number of halogens is 1. The van der Waals surface area contributed by atoms with Gasteiger partial charge in [0.05, 0.1) is 11.3 Å². The molecule has 1 fully saturated rings. The van der Waals surface area contributed by atoms with Gasteiger partial charge in [-0.1, -0.05) is 0 Å². The van der Waals surface area contributed by atoms with E-state index in [-0.39, 0.29) is 5.92 Å². The molecule has 0 amide bonds. The maximum atomic E-state index is 12.8. The van der Waals surface area contributed by atoms with Gasteiger partial charge in [0, 0.05) is 12.1 Å². The van der Waals surface area contributed by atoms with Crippen molar-refractivity contribution in [3.8, 4) is 6.07 Å². The topological polar surface area (TPSA) is 36.7 Å². The molecule has 13 heavy (non-hydrogen) atoms. The van der Waals surface area contributed by atoms with Crippen molar-refractivity contribution in [2.24, 2.45) is 0 Å². The number of aryl methyl sites for hydroxylation is 1. The molecule has 2 rings (SSSR count). The minimum absolute atomic E-state index is 0.0589. The molecule has 66 valence electrons. The Hall–Kier alpha value is -1.43. The molecule has 0 unspecified atom stereocenters. The lowest BCUT2D eigenvalue weighted by Gasteiger charge is -2.02. The standard InChI is InChI=1S/C10H9FN2/c1-6-9(5-12)7(2-3-13-6)8-4-10(8)11/h2-3,8,10H,4H2,1H3/t8-,10-/m0/s1. The molecule has 0 N–H and O–H groups in total. The van der Waals surface area contributed by atoms with Gasteiger partial charge in [0.15, 0.2) is 0 Å². The Morgan fingerprint density at radius 1 is 1.69 bits per heavy atom. The van der Waals surface area contributed by atoms with Crippen LogP contribution in [-0.4, -0.2) is 11.2 Å². The summed E-state index contributed by atoms with van der Waals surface area (Å²) in [4.78, 5) is 4.00. The van der Waals surface area contributed by atoms with Crippen molar-refractivity contribution in [3.05, 3.63) is 29.1 Å². The minimum Gasteiger partial charge on any atom is -0.260 e. The van der Waals surface area contributed by atoms with Crippen molar-refractivity contribution in [1.29, 1.82) is 5.26 Å². The summed E-state index contributed by atoms with van der Waals surface area (Å²) in [6.45, 7) is 1.78. The Labute approximate surface area is 76.0 Å². The molecule has 0 aliphatic heterocycles. The predicted molar refractivity (Wildman–Crippen MR) is 45.9 cm³/mol. The zero-order chi connectivity index (χ0) is 9.42. The molecule has 0 radical (unpaired) electrons. The van der Waals surface area contributed by atoms with E-state index in [1.54, 1.807) is 19.2 Å². The number of nitriles is 1. The highest BCUT2D eigenvalue weighted by molar-refractivity contribution is 5.44. The number of pyridine rings is 1. The van der Waals surface area contributed by atoms with Crippen LogP contribution >= 0.6 is 0 Å². The fraction of sp³-hybridized carbons (Fsp3) is 0.400. The first kappa shape index (κ1) is 8.18. The summed E-state index contributed by atoms with van der Waals surface area (Å²) < 4.78 is 12.8. The van der Waals surface area contributed by atoms with Crippen molar-refractivity contribution < 1.29 is 4.39 Å². The number of hydrogen-bond acceptors (Lipinski definition) is 2. The molecule has 0 saturated heterocycles. The lowest BCUT2D eigenvalue weighted by atomic mass is 10.0. The Morgan fingerprint density at radius 2 is 2.38 bits per heavy atom. The largest absolute Gasteiger partial charge is 0.260 e. The Morgan fingerprint density at radius 3 is 2.92 bits per heavy atom. The van der Waals surface area contributed by atoms with Gasteiger partial charge in [0.1, 0.15) is 12.2 Å². The molecule has 1 aromatic heterocycles. The molecule has 1 aliphatic carbocycles. The Balaban J connectivity index is 2.46. The van der Waals surface area contributed by atoms with E-state index in [0.29, 0.717) is 17.7 Å². The SMILES string of the molecule is Cc1nccc([C@@H]2C[C@@H]2F)c1C#N. The average Bonchev–Trinajstić information content (AvgIpc) is 2.82. The molecule has 1 aliphatic rings. The first-order valence-electron chi connectivity index (χ1n) is 4.23. The number of alkyl halides is 1. The molecule has 2 atom stereocenters. The van der Waals surface area contributed by atoms with E-state index in [1.807, 2.05) is 0 Å². The van der Waals surface area contributed by atoms with Gasteiger partial charge in [-0.05, 0) is 25.0 Å². The second kappa shape index (κ2) is 2.81. The number of hydrogen-bond donors (Lipinski definition) is 0. The van der Waals surface area contributed by atoms with Gasteiger partial charge in [-0.25, -0.2) is 4.39 Å². The zero-order valence-corrected chi connectivity index (χ0v) is 7.29. The fourth-order valence-electron chi connectivity index (χ4n) is 1.53. The molecule has 3 heteroatoms. The third kappa shape index (κ3) is 1.29. The average molecular weight is 176 g/mol. The van der Waals surface area contributed by atoms with Crippen LogP contribution in [0.5, 0.6) is 0 Å². The van der Waals surface area contributed by atoms with Crippen molar-refractivity contribution >= 4 is 0 Å². The van der Waals surface area contributed by atoms with Crippen LogP contribution in [0.2, 0.25) is 0 Å². The molecule has 0 aromatic carbocycles. The molecular weight excluding hydrogens is 167 g/mol. The van der Waals surface area contributed by atoms with Crippen LogP contribution in [0.25, 0.3) is 0 Å². The highest BCUT2D eigenvalue weighted by atomic mass is 19.1. The zero-order valence-electron chi connectivity index (χ0n) is 7.29. The summed E-state index contributed by atoms with van der Waals surface area (Å²) in [5.74, 6) is -0.0589. The van der Waals surface area contributed by atoms with Crippen LogP contribution in [0.1, 0.15) is 29.2 Å². The van der Waals surface area contributed by atoms with Gasteiger partial charge in [0.25, 0.3) is 0 Å². The molecule has 1 aromatic rings. The van der Waals surface area contributed by atoms with Gasteiger partial charge in [-0.15, -0.1) is 0 Å². The van der Waals surface area contributed by atoms with Gasteiger partial charge in [0.2, 0.25) is 0 Å². The summed E-state index contributed by atoms with van der Waals surface area (Å²) in [6, 6.07) is 3.82. The normalized spacial score (nSPS) is 25.3. The molecule has 2 nitrogen and oxygen atoms in total. The summed E-state index contributed by atoms with van der Waals surface area (Å²) in [5, 5.41) is 8.85. The van der Waals surface area contributed by atoms with Gasteiger partial charge in [-0.3, -0.25) is 4.98 Å². The Kier molecular flexibility index (Phi) is 1.77. The molecule has 1 heterocycles. The van der Waals surface area contributed by atoms with Crippen molar-refractivity contribution in [2.45, 2.75) is 25.4 Å². The van der Waals surface area contributed by atoms with E-state index in [2.05, 4.69) is 11.1 Å². The second-order valence-electron chi connectivity index (χ2n) is 3.33. The van der Waals surface area contributed by atoms with E-state index >= 15 is 0 Å². The van der Waals surface area contributed by atoms with Gasteiger partial charge < -0.3 is 0 Å². The molecule has 0 spiro atoms. The van der Waals surface area contributed by atoms with Crippen LogP contribution in [0.4, 0.5) is 4.39 Å². The first-order valence-corrected chi connectivity index (χ1v) is 4.23. The van der Waals surface area contributed by atoms with Crippen LogP contribution in [-0.2, 0) is 0 Å². The van der Waals surface area contributed by atoms with E-state index in [4.69, 9.17) is 5.26 Å². The van der Waals surface area contributed by atoms with Crippen LogP contribution in [0.3, 0.4) is 0 Å². The monoisotopic (exact) mass is 176 g/mol. The highest BCUT2D eigenvalue weighted by Crippen LogP contribution is 2.44. The number of nitrogens with zero attached hydrogens (tertiary/aromatic N) is 2. The second-order valence-corrected chi connectivity index (χ2v) is 3.33. The summed E-state index contributed by atoms with van der Waals surface area (Å²) >= 11 is 0. The summed E-state index contributed by atoms with van der Waals surface area (Å²) in [5.41, 5.74) is 2.06. The minimum atomic E-state index is -0.756. The van der Waals surface area contributed by atoms with Gasteiger partial charge in [-0.2, -0.15) is 5.26 Å². The smallest absolute Gasteiger partial charge is 0.108 e. The van der Waals surface area contributed by atoms with E-state index in [1.165, 1.54) is 0 Å². The van der Waals surface area contributed by atoms with Crippen LogP contribution < -0.4 is 0 Å². The summed E-state index contributed by atoms with van der Waals surface area (Å²) in [6.07, 6.45) is 1.43. The van der Waals surface area contributed by atoms with Crippen LogP contribution in [0.15, 0.2) is 12.3 Å². The third-order valence-corrected chi connectivity index (χ3v) is 2.40. The Bertz CT molecular complexity index is 381. The van der Waals surface area contributed by atoms with Gasteiger partial charge >= 0.3 is 0 Å². The van der Waals surface area contributed by atoms with E-state index < -0.39 is 6.17 Å². The quantitative estimate of drug-likeness (QED) is 0.656. The molecule has 0 bridgehead atoms. The molecular formula is C10H9FN2. The van der Waals surface area contributed by atoms with E-state index in [0.717, 1.165) is 5.56 Å². The van der Waals surface area contributed by atoms with Crippen LogP contribution in [0, 0.1) is 18.3 Å². The third-order valence-electron chi connectivity index (χ3n) is 2.40.